The first-order valence-corrected chi connectivity index (χ1v) is 9.75. The Morgan fingerprint density at radius 2 is 2.00 bits per heavy atom. The van der Waals surface area contributed by atoms with E-state index in [4.69, 9.17) is 9.47 Å². The summed E-state index contributed by atoms with van der Waals surface area (Å²) in [7, 11) is 0. The molecule has 152 valence electrons. The molecule has 0 saturated carbocycles. The van der Waals surface area contributed by atoms with Crippen LogP contribution in [0.25, 0.3) is 10.2 Å². The Hall–Kier alpha value is -3.20. The van der Waals surface area contributed by atoms with Gasteiger partial charge in [0.1, 0.15) is 21.0 Å². The molecule has 0 unspecified atom stereocenters. The van der Waals surface area contributed by atoms with Gasteiger partial charge >= 0.3 is 11.9 Å². The lowest BCUT2D eigenvalue weighted by Crippen LogP contribution is -2.17. The molecule has 2 aromatic heterocycles. The zero-order valence-corrected chi connectivity index (χ0v) is 17.2. The smallest absolute Gasteiger partial charge is 0.348 e. The van der Waals surface area contributed by atoms with Gasteiger partial charge in [-0.3, -0.25) is 4.79 Å². The topological polar surface area (TPSA) is 119 Å². The summed E-state index contributed by atoms with van der Waals surface area (Å²) < 4.78 is 10.4. The van der Waals surface area contributed by atoms with Gasteiger partial charge in [-0.1, -0.05) is 11.6 Å². The van der Waals surface area contributed by atoms with E-state index in [1.807, 2.05) is 0 Å². The molecule has 0 saturated heterocycles. The molecule has 1 aromatic carbocycles. The zero-order chi connectivity index (χ0) is 21.3. The normalized spacial score (nSPS) is 12.0. The second kappa shape index (κ2) is 8.04. The van der Waals surface area contributed by atoms with E-state index in [1.54, 1.807) is 33.8 Å². The number of nitrogens with zero attached hydrogens (tertiary/aromatic N) is 1. The molecular weight excluding hydrogens is 396 g/mol. The molecule has 3 rings (SSSR count). The minimum atomic E-state index is -0.882. The Bertz CT molecular complexity index is 1160. The molecule has 0 aliphatic rings. The maximum atomic E-state index is 12.6. The summed E-state index contributed by atoms with van der Waals surface area (Å²) >= 11 is 1.05. The van der Waals surface area contributed by atoms with Gasteiger partial charge in [-0.25, -0.2) is 14.6 Å². The molecule has 0 aliphatic heterocycles. The number of esters is 2. The molecule has 2 heterocycles. The first-order valence-electron chi connectivity index (χ1n) is 8.94. The van der Waals surface area contributed by atoms with Crippen molar-refractivity contribution in [1.82, 2.24) is 9.97 Å². The van der Waals surface area contributed by atoms with Gasteiger partial charge < -0.3 is 19.6 Å². The fraction of sp³-hybridized carbons (Fsp3) is 0.300. The number of aromatic amines is 1. The SMILES string of the molecule is CCOC(=O)c1sc2nc([C@@H](C)OC(=O)c3cc(C)ccc3O)[nH]c(=O)c2c1C. The summed E-state index contributed by atoms with van der Waals surface area (Å²) in [4.78, 5) is 44.7. The number of benzene rings is 1. The summed E-state index contributed by atoms with van der Waals surface area (Å²) in [5, 5.41) is 10.2. The molecule has 0 spiro atoms. The molecule has 0 radical (unpaired) electrons. The van der Waals surface area contributed by atoms with Crippen molar-refractivity contribution in [1.29, 1.82) is 0 Å². The monoisotopic (exact) mass is 416 g/mol. The molecule has 0 amide bonds. The van der Waals surface area contributed by atoms with E-state index in [-0.39, 0.29) is 23.7 Å². The van der Waals surface area contributed by atoms with Crippen molar-refractivity contribution in [3.63, 3.8) is 0 Å². The van der Waals surface area contributed by atoms with E-state index in [0.29, 0.717) is 20.7 Å². The van der Waals surface area contributed by atoms with Gasteiger partial charge in [-0.15, -0.1) is 11.3 Å². The number of fused-ring (bicyclic) bond motifs is 1. The van der Waals surface area contributed by atoms with Crippen molar-refractivity contribution >= 4 is 33.5 Å². The number of carbonyl (C=O) groups excluding carboxylic acids is 2. The second-order valence-corrected chi connectivity index (χ2v) is 7.48. The average molecular weight is 416 g/mol. The van der Waals surface area contributed by atoms with Gasteiger partial charge in [0.25, 0.3) is 5.56 Å². The minimum absolute atomic E-state index is 0.0249. The molecule has 0 bridgehead atoms. The number of ether oxygens (including phenoxy) is 2. The molecular formula is C20H20N2O6S. The zero-order valence-electron chi connectivity index (χ0n) is 16.4. The van der Waals surface area contributed by atoms with Crippen molar-refractivity contribution in [2.45, 2.75) is 33.8 Å². The van der Waals surface area contributed by atoms with Gasteiger partial charge in [0, 0.05) is 0 Å². The van der Waals surface area contributed by atoms with Crippen LogP contribution < -0.4 is 5.56 Å². The number of hydrogen-bond acceptors (Lipinski definition) is 8. The summed E-state index contributed by atoms with van der Waals surface area (Å²) in [6.45, 7) is 6.92. The quantitative estimate of drug-likeness (QED) is 0.612. The first-order chi connectivity index (χ1) is 13.7. The highest BCUT2D eigenvalue weighted by atomic mass is 32.1. The number of thiophene rings is 1. The molecule has 8 nitrogen and oxygen atoms in total. The van der Waals surface area contributed by atoms with Crippen molar-refractivity contribution in [2.24, 2.45) is 0 Å². The van der Waals surface area contributed by atoms with Crippen LogP contribution in [0, 0.1) is 13.8 Å². The van der Waals surface area contributed by atoms with E-state index in [1.165, 1.54) is 12.1 Å². The van der Waals surface area contributed by atoms with E-state index >= 15 is 0 Å². The van der Waals surface area contributed by atoms with E-state index in [0.717, 1.165) is 16.9 Å². The third kappa shape index (κ3) is 4.00. The van der Waals surface area contributed by atoms with E-state index in [9.17, 15) is 19.5 Å². The van der Waals surface area contributed by atoms with Crippen molar-refractivity contribution in [3.05, 3.63) is 55.9 Å². The number of aromatic nitrogens is 2. The van der Waals surface area contributed by atoms with Crippen LogP contribution in [0.5, 0.6) is 5.75 Å². The standard InChI is InChI=1S/C20H20N2O6S/c1-5-27-20(26)15-10(3)14-17(24)21-16(22-18(14)29-15)11(4)28-19(25)12-8-9(2)6-7-13(12)23/h6-8,11,23H,5H2,1-4H3,(H,21,22,24)/t11-/m1/s1. The number of aryl methyl sites for hydroxylation is 2. The van der Waals surface area contributed by atoms with Crippen molar-refractivity contribution in [2.75, 3.05) is 6.61 Å². The van der Waals surface area contributed by atoms with Crippen LogP contribution in [0.2, 0.25) is 0 Å². The number of hydrogen-bond donors (Lipinski definition) is 2. The fourth-order valence-electron chi connectivity index (χ4n) is 2.84. The van der Waals surface area contributed by atoms with Crippen molar-refractivity contribution in [3.8, 4) is 5.75 Å². The molecule has 2 N–H and O–H groups in total. The fourth-order valence-corrected chi connectivity index (χ4v) is 3.92. The highest BCUT2D eigenvalue weighted by Gasteiger charge is 2.23. The number of rotatable bonds is 5. The Balaban J connectivity index is 1.93. The minimum Gasteiger partial charge on any atom is -0.507 e. The summed E-state index contributed by atoms with van der Waals surface area (Å²) in [6, 6.07) is 4.59. The van der Waals surface area contributed by atoms with Gasteiger partial charge in [0.15, 0.2) is 11.9 Å². The molecule has 1 atom stereocenters. The third-order valence-electron chi connectivity index (χ3n) is 4.32. The maximum Gasteiger partial charge on any atom is 0.348 e. The number of H-pyrrole nitrogens is 1. The number of carbonyl (C=O) groups is 2. The van der Waals surface area contributed by atoms with Crippen LogP contribution in [0.15, 0.2) is 23.0 Å². The van der Waals surface area contributed by atoms with Gasteiger partial charge in [0.2, 0.25) is 0 Å². The second-order valence-electron chi connectivity index (χ2n) is 6.48. The molecule has 0 aliphatic carbocycles. The van der Waals surface area contributed by atoms with Gasteiger partial charge in [0.05, 0.1) is 12.0 Å². The van der Waals surface area contributed by atoms with Crippen LogP contribution in [-0.2, 0) is 9.47 Å². The molecule has 3 aromatic rings. The highest BCUT2D eigenvalue weighted by molar-refractivity contribution is 7.20. The summed E-state index contributed by atoms with van der Waals surface area (Å²) in [5.41, 5.74) is 0.876. The Morgan fingerprint density at radius 1 is 1.28 bits per heavy atom. The highest BCUT2D eigenvalue weighted by Crippen LogP contribution is 2.29. The Labute approximate surface area is 170 Å². The largest absolute Gasteiger partial charge is 0.507 e. The number of aromatic hydroxyl groups is 1. The average Bonchev–Trinajstić information content (AvgIpc) is 3.01. The van der Waals surface area contributed by atoms with Crippen LogP contribution >= 0.6 is 11.3 Å². The predicted octanol–water partition coefficient (Wildman–Crippen LogP) is 3.40. The van der Waals surface area contributed by atoms with Gasteiger partial charge in [-0.05, 0) is 45.4 Å². The number of nitrogens with one attached hydrogen (secondary N) is 1. The maximum absolute atomic E-state index is 12.6. The van der Waals surface area contributed by atoms with Gasteiger partial charge in [-0.2, -0.15) is 0 Å². The summed E-state index contributed by atoms with van der Waals surface area (Å²) in [5.74, 6) is -1.31. The first kappa shape index (κ1) is 20.5. The number of phenolic OH excluding ortho intramolecular Hbond substituents is 1. The Kier molecular flexibility index (Phi) is 5.69. The summed E-state index contributed by atoms with van der Waals surface area (Å²) in [6.07, 6.45) is -0.882. The van der Waals surface area contributed by atoms with Crippen molar-refractivity contribution < 1.29 is 24.2 Å². The third-order valence-corrected chi connectivity index (χ3v) is 5.49. The predicted molar refractivity (Wildman–Crippen MR) is 108 cm³/mol. The molecule has 0 fully saturated rings. The van der Waals surface area contributed by atoms with E-state index in [2.05, 4.69) is 9.97 Å². The number of phenols is 1. The Morgan fingerprint density at radius 3 is 2.69 bits per heavy atom. The van der Waals surface area contributed by atoms with Crippen LogP contribution in [0.4, 0.5) is 0 Å². The van der Waals surface area contributed by atoms with Crippen LogP contribution in [0.1, 0.15) is 56.9 Å². The lowest BCUT2D eigenvalue weighted by atomic mass is 10.1. The lowest BCUT2D eigenvalue weighted by Gasteiger charge is -2.13. The molecule has 29 heavy (non-hydrogen) atoms. The van der Waals surface area contributed by atoms with Crippen LogP contribution in [0.3, 0.4) is 0 Å². The van der Waals surface area contributed by atoms with E-state index < -0.39 is 23.6 Å². The van der Waals surface area contributed by atoms with Crippen LogP contribution in [-0.4, -0.2) is 33.6 Å². The molecule has 9 heteroatoms. The lowest BCUT2D eigenvalue weighted by molar-refractivity contribution is 0.0316.